The van der Waals surface area contributed by atoms with Crippen molar-refractivity contribution in [2.45, 2.75) is 18.9 Å². The molecule has 1 fully saturated rings. The molecule has 5 nitrogen and oxygen atoms in total. The lowest BCUT2D eigenvalue weighted by Crippen LogP contribution is -2.37. The molecule has 1 aromatic carbocycles. The van der Waals surface area contributed by atoms with Crippen LogP contribution in [0.4, 0.5) is 5.69 Å². The standard InChI is InChI=1S/C12H15N3O2.ClH/c13-9-3-1-8(2-4-9)12(17)14-7-11(16)15-10-5-6-10;/h1-4,10H,5-7,13H2,(H,14,17)(H,15,16);1H. The van der Waals surface area contributed by atoms with Crippen molar-refractivity contribution in [3.63, 3.8) is 0 Å². The highest BCUT2D eigenvalue weighted by Crippen LogP contribution is 2.18. The molecular weight excluding hydrogens is 254 g/mol. The number of nitrogens with two attached hydrogens (primary N) is 1. The monoisotopic (exact) mass is 269 g/mol. The van der Waals surface area contributed by atoms with Gasteiger partial charge < -0.3 is 16.4 Å². The van der Waals surface area contributed by atoms with Gasteiger partial charge in [-0.25, -0.2) is 0 Å². The minimum atomic E-state index is -0.268. The number of hydrogen-bond donors (Lipinski definition) is 3. The molecule has 1 saturated carbocycles. The van der Waals surface area contributed by atoms with E-state index >= 15 is 0 Å². The summed E-state index contributed by atoms with van der Waals surface area (Å²) >= 11 is 0. The summed E-state index contributed by atoms with van der Waals surface area (Å²) in [4.78, 5) is 23.0. The molecule has 1 aliphatic rings. The Kier molecular flexibility index (Phi) is 4.97. The van der Waals surface area contributed by atoms with E-state index in [1.54, 1.807) is 24.3 Å². The van der Waals surface area contributed by atoms with Crippen LogP contribution in [-0.2, 0) is 4.79 Å². The molecule has 4 N–H and O–H groups in total. The Morgan fingerprint density at radius 3 is 2.39 bits per heavy atom. The van der Waals surface area contributed by atoms with Gasteiger partial charge in [0, 0.05) is 17.3 Å². The minimum Gasteiger partial charge on any atom is -0.399 e. The second-order valence-corrected chi connectivity index (χ2v) is 4.15. The number of benzene rings is 1. The van der Waals surface area contributed by atoms with E-state index < -0.39 is 0 Å². The van der Waals surface area contributed by atoms with Crippen LogP contribution in [0.2, 0.25) is 0 Å². The molecule has 18 heavy (non-hydrogen) atoms. The van der Waals surface area contributed by atoms with Crippen LogP contribution < -0.4 is 16.4 Å². The Morgan fingerprint density at radius 2 is 1.83 bits per heavy atom. The van der Waals surface area contributed by atoms with Crippen LogP contribution in [0.5, 0.6) is 0 Å². The second kappa shape index (κ2) is 6.26. The van der Waals surface area contributed by atoms with Crippen molar-refractivity contribution in [1.82, 2.24) is 10.6 Å². The molecule has 0 bridgehead atoms. The fourth-order valence-corrected chi connectivity index (χ4v) is 1.40. The minimum absolute atomic E-state index is 0. The number of hydrogen-bond acceptors (Lipinski definition) is 3. The zero-order valence-electron chi connectivity index (χ0n) is 9.81. The Bertz CT molecular complexity index is 429. The Hall–Kier alpha value is -1.75. The summed E-state index contributed by atoms with van der Waals surface area (Å²) in [5.74, 6) is -0.410. The SMILES string of the molecule is Cl.Nc1ccc(C(=O)NCC(=O)NC2CC2)cc1. The number of rotatable bonds is 4. The van der Waals surface area contributed by atoms with Gasteiger partial charge in [0.1, 0.15) is 0 Å². The zero-order chi connectivity index (χ0) is 12.3. The average molecular weight is 270 g/mol. The Morgan fingerprint density at radius 1 is 1.22 bits per heavy atom. The summed E-state index contributed by atoms with van der Waals surface area (Å²) in [6, 6.07) is 6.88. The molecular formula is C12H16ClN3O2. The third-order valence-corrected chi connectivity index (χ3v) is 2.52. The van der Waals surface area contributed by atoms with Gasteiger partial charge in [0.2, 0.25) is 5.91 Å². The third-order valence-electron chi connectivity index (χ3n) is 2.52. The summed E-state index contributed by atoms with van der Waals surface area (Å²) in [6.45, 7) is 0.0136. The highest BCUT2D eigenvalue weighted by atomic mass is 35.5. The fraction of sp³-hybridized carbons (Fsp3) is 0.333. The lowest BCUT2D eigenvalue weighted by Gasteiger charge is -2.06. The molecule has 0 unspecified atom stereocenters. The Balaban J connectivity index is 0.00000162. The number of nitrogens with one attached hydrogen (secondary N) is 2. The van der Waals surface area contributed by atoms with Gasteiger partial charge in [0.25, 0.3) is 5.91 Å². The summed E-state index contributed by atoms with van der Waals surface area (Å²) in [6.07, 6.45) is 2.08. The van der Waals surface area contributed by atoms with Crippen molar-refractivity contribution in [2.24, 2.45) is 0 Å². The van der Waals surface area contributed by atoms with Crippen LogP contribution in [-0.4, -0.2) is 24.4 Å². The summed E-state index contributed by atoms with van der Waals surface area (Å²) in [7, 11) is 0. The number of nitrogen functional groups attached to an aromatic ring is 1. The van der Waals surface area contributed by atoms with E-state index in [4.69, 9.17) is 5.73 Å². The quantitative estimate of drug-likeness (QED) is 0.704. The topological polar surface area (TPSA) is 84.2 Å². The molecule has 2 rings (SSSR count). The van der Waals surface area contributed by atoms with Gasteiger partial charge in [0.15, 0.2) is 0 Å². The van der Waals surface area contributed by atoms with Crippen molar-refractivity contribution in [3.05, 3.63) is 29.8 Å². The maximum absolute atomic E-state index is 11.6. The molecule has 0 radical (unpaired) electrons. The lowest BCUT2D eigenvalue weighted by molar-refractivity contribution is -0.120. The van der Waals surface area contributed by atoms with E-state index in [2.05, 4.69) is 10.6 Å². The van der Waals surface area contributed by atoms with Gasteiger partial charge in [-0.3, -0.25) is 9.59 Å². The van der Waals surface area contributed by atoms with Crippen LogP contribution in [0.1, 0.15) is 23.2 Å². The van der Waals surface area contributed by atoms with Crippen LogP contribution >= 0.6 is 12.4 Å². The first-order valence-corrected chi connectivity index (χ1v) is 5.58. The van der Waals surface area contributed by atoms with Gasteiger partial charge in [-0.15, -0.1) is 12.4 Å². The lowest BCUT2D eigenvalue weighted by atomic mass is 10.2. The van der Waals surface area contributed by atoms with Crippen molar-refractivity contribution < 1.29 is 9.59 Å². The van der Waals surface area contributed by atoms with Crippen molar-refractivity contribution >= 4 is 29.9 Å². The van der Waals surface area contributed by atoms with Crippen LogP contribution in [0, 0.1) is 0 Å². The van der Waals surface area contributed by atoms with E-state index in [0.717, 1.165) is 12.8 Å². The molecule has 98 valence electrons. The first-order valence-electron chi connectivity index (χ1n) is 5.58. The summed E-state index contributed by atoms with van der Waals surface area (Å²) in [5, 5.41) is 5.36. The first kappa shape index (κ1) is 14.3. The van der Waals surface area contributed by atoms with Gasteiger partial charge in [-0.05, 0) is 37.1 Å². The second-order valence-electron chi connectivity index (χ2n) is 4.15. The van der Waals surface area contributed by atoms with E-state index in [1.165, 1.54) is 0 Å². The van der Waals surface area contributed by atoms with E-state index in [9.17, 15) is 9.59 Å². The summed E-state index contributed by atoms with van der Waals surface area (Å²) < 4.78 is 0. The molecule has 0 spiro atoms. The molecule has 1 aromatic rings. The molecule has 0 aliphatic heterocycles. The highest BCUT2D eigenvalue weighted by molar-refractivity contribution is 5.96. The molecule has 2 amide bonds. The number of carbonyl (C=O) groups excluding carboxylic acids is 2. The van der Waals surface area contributed by atoms with Gasteiger partial charge in [-0.2, -0.15) is 0 Å². The first-order chi connectivity index (χ1) is 8.15. The number of carbonyl (C=O) groups is 2. The van der Waals surface area contributed by atoms with Crippen LogP contribution in [0.15, 0.2) is 24.3 Å². The molecule has 0 saturated heterocycles. The largest absolute Gasteiger partial charge is 0.399 e. The molecule has 0 heterocycles. The van der Waals surface area contributed by atoms with E-state index in [1.807, 2.05) is 0 Å². The smallest absolute Gasteiger partial charge is 0.251 e. The predicted molar refractivity (Wildman–Crippen MR) is 71.6 cm³/mol. The number of halogens is 1. The molecule has 6 heteroatoms. The van der Waals surface area contributed by atoms with Gasteiger partial charge in [-0.1, -0.05) is 0 Å². The van der Waals surface area contributed by atoms with E-state index in [0.29, 0.717) is 17.3 Å². The molecule has 1 aliphatic carbocycles. The molecule has 0 aromatic heterocycles. The van der Waals surface area contributed by atoms with Gasteiger partial charge in [0.05, 0.1) is 6.54 Å². The Labute approximate surface area is 112 Å². The number of anilines is 1. The average Bonchev–Trinajstić information content (AvgIpc) is 3.11. The zero-order valence-corrected chi connectivity index (χ0v) is 10.6. The van der Waals surface area contributed by atoms with Crippen molar-refractivity contribution in [1.29, 1.82) is 0 Å². The highest BCUT2D eigenvalue weighted by Gasteiger charge is 2.23. The summed E-state index contributed by atoms with van der Waals surface area (Å²) in [5.41, 5.74) is 6.62. The third kappa shape index (κ3) is 4.25. The maximum Gasteiger partial charge on any atom is 0.251 e. The van der Waals surface area contributed by atoms with E-state index in [-0.39, 0.29) is 30.8 Å². The molecule has 0 atom stereocenters. The normalized spacial score (nSPS) is 13.3. The van der Waals surface area contributed by atoms with Crippen molar-refractivity contribution in [3.8, 4) is 0 Å². The maximum atomic E-state index is 11.6. The van der Waals surface area contributed by atoms with Crippen LogP contribution in [0.3, 0.4) is 0 Å². The van der Waals surface area contributed by atoms with Crippen molar-refractivity contribution in [2.75, 3.05) is 12.3 Å². The fourth-order valence-electron chi connectivity index (χ4n) is 1.40. The van der Waals surface area contributed by atoms with Crippen LogP contribution in [0.25, 0.3) is 0 Å². The predicted octanol–water partition coefficient (Wildman–Crippen LogP) is 0.699. The van der Waals surface area contributed by atoms with Gasteiger partial charge >= 0.3 is 0 Å². The number of amides is 2.